The third-order valence-corrected chi connectivity index (χ3v) is 5.54. The highest BCUT2D eigenvalue weighted by Crippen LogP contribution is 2.21. The van der Waals surface area contributed by atoms with Gasteiger partial charge in [0.1, 0.15) is 5.82 Å². The molecule has 0 saturated carbocycles. The largest absolute Gasteiger partial charge is 0.339 e. The third-order valence-electron chi connectivity index (χ3n) is 4.49. The van der Waals surface area contributed by atoms with E-state index in [0.717, 1.165) is 48.1 Å². The molecule has 0 N–H and O–H groups in total. The smallest absolute Gasteiger partial charge is 0.226 e. The van der Waals surface area contributed by atoms with Gasteiger partial charge in [0, 0.05) is 43.1 Å². The maximum absolute atomic E-state index is 5.36. The molecule has 7 nitrogen and oxygen atoms in total. The summed E-state index contributed by atoms with van der Waals surface area (Å²) >= 11 is 1.72. The molecule has 0 spiro atoms. The van der Waals surface area contributed by atoms with Gasteiger partial charge in [-0.15, -0.1) is 10.2 Å². The fourth-order valence-corrected chi connectivity index (χ4v) is 3.97. The van der Waals surface area contributed by atoms with Crippen LogP contribution >= 0.6 is 11.8 Å². The van der Waals surface area contributed by atoms with Gasteiger partial charge in [-0.3, -0.25) is 4.98 Å². The van der Waals surface area contributed by atoms with Gasteiger partial charge in [-0.25, -0.2) is 0 Å². The standard InChI is InChI=1S/C21H22N6OS/c1-2-27-18(15-16-7-4-3-5-8-16)24-25-21(27)29-14-6-9-19-23-20(26-28-19)17-10-12-22-13-11-17/h3-5,7-8,10-13H,2,6,9,14-15H2,1H3. The van der Waals surface area contributed by atoms with Crippen molar-refractivity contribution in [2.75, 3.05) is 5.75 Å². The Labute approximate surface area is 173 Å². The average Bonchev–Trinajstić information content (AvgIpc) is 3.39. The molecule has 0 bridgehead atoms. The number of thioether (sulfide) groups is 1. The van der Waals surface area contributed by atoms with Gasteiger partial charge in [0.2, 0.25) is 11.7 Å². The van der Waals surface area contributed by atoms with Gasteiger partial charge >= 0.3 is 0 Å². The molecule has 3 heterocycles. The number of nitrogens with zero attached hydrogens (tertiary/aromatic N) is 6. The van der Waals surface area contributed by atoms with Gasteiger partial charge in [-0.2, -0.15) is 4.98 Å². The molecule has 0 aliphatic heterocycles. The van der Waals surface area contributed by atoms with E-state index in [0.29, 0.717) is 11.7 Å². The van der Waals surface area contributed by atoms with Gasteiger partial charge < -0.3 is 9.09 Å². The summed E-state index contributed by atoms with van der Waals surface area (Å²) in [4.78, 5) is 8.47. The zero-order valence-corrected chi connectivity index (χ0v) is 17.0. The number of aryl methyl sites for hydroxylation is 1. The molecule has 0 fully saturated rings. The first-order chi connectivity index (χ1) is 14.3. The highest BCUT2D eigenvalue weighted by molar-refractivity contribution is 7.99. The first-order valence-corrected chi connectivity index (χ1v) is 10.6. The Kier molecular flexibility index (Phi) is 6.31. The zero-order chi connectivity index (χ0) is 19.9. The molecule has 0 radical (unpaired) electrons. The molecule has 1 aromatic carbocycles. The van der Waals surface area contributed by atoms with Crippen molar-refractivity contribution in [2.24, 2.45) is 0 Å². The number of aromatic nitrogens is 6. The Balaban J connectivity index is 1.30. The van der Waals surface area contributed by atoms with E-state index in [1.807, 2.05) is 18.2 Å². The highest BCUT2D eigenvalue weighted by Gasteiger charge is 2.12. The fraction of sp³-hybridized carbons (Fsp3) is 0.286. The second kappa shape index (κ2) is 9.47. The van der Waals surface area contributed by atoms with Gasteiger partial charge in [-0.05, 0) is 31.0 Å². The van der Waals surface area contributed by atoms with E-state index in [1.165, 1.54) is 5.56 Å². The lowest BCUT2D eigenvalue weighted by atomic mass is 10.1. The van der Waals surface area contributed by atoms with Crippen LogP contribution in [-0.2, 0) is 19.4 Å². The summed E-state index contributed by atoms with van der Waals surface area (Å²) in [6, 6.07) is 14.1. The van der Waals surface area contributed by atoms with Crippen molar-refractivity contribution >= 4 is 11.8 Å². The van der Waals surface area contributed by atoms with Crippen molar-refractivity contribution in [3.8, 4) is 11.4 Å². The molecule has 0 unspecified atom stereocenters. The van der Waals surface area contributed by atoms with Crippen molar-refractivity contribution in [1.82, 2.24) is 29.9 Å². The Bertz CT molecular complexity index is 1030. The molecule has 0 atom stereocenters. The summed E-state index contributed by atoms with van der Waals surface area (Å²) < 4.78 is 7.55. The van der Waals surface area contributed by atoms with Gasteiger partial charge in [0.05, 0.1) is 0 Å². The number of benzene rings is 1. The van der Waals surface area contributed by atoms with Crippen molar-refractivity contribution < 1.29 is 4.52 Å². The first-order valence-electron chi connectivity index (χ1n) is 9.65. The van der Waals surface area contributed by atoms with Gasteiger partial charge in [0.15, 0.2) is 5.16 Å². The monoisotopic (exact) mass is 406 g/mol. The minimum atomic E-state index is 0.603. The summed E-state index contributed by atoms with van der Waals surface area (Å²) in [6.45, 7) is 2.98. The van der Waals surface area contributed by atoms with Crippen molar-refractivity contribution in [3.63, 3.8) is 0 Å². The van der Waals surface area contributed by atoms with E-state index >= 15 is 0 Å². The molecule has 0 saturated heterocycles. The van der Waals surface area contributed by atoms with E-state index < -0.39 is 0 Å². The van der Waals surface area contributed by atoms with Crippen LogP contribution in [0.1, 0.15) is 30.6 Å². The minimum absolute atomic E-state index is 0.603. The summed E-state index contributed by atoms with van der Waals surface area (Å²) in [5.74, 6) is 3.17. The van der Waals surface area contributed by atoms with Crippen LogP contribution < -0.4 is 0 Å². The quantitative estimate of drug-likeness (QED) is 0.306. The predicted octanol–water partition coefficient (Wildman–Crippen LogP) is 4.06. The first kappa shape index (κ1) is 19.3. The van der Waals surface area contributed by atoms with E-state index in [9.17, 15) is 0 Å². The molecule has 0 amide bonds. The summed E-state index contributed by atoms with van der Waals surface area (Å²) in [6.07, 6.45) is 5.90. The molecule has 29 heavy (non-hydrogen) atoms. The van der Waals surface area contributed by atoms with E-state index in [-0.39, 0.29) is 0 Å². The molecule has 3 aromatic heterocycles. The topological polar surface area (TPSA) is 82.5 Å². The zero-order valence-electron chi connectivity index (χ0n) is 16.2. The minimum Gasteiger partial charge on any atom is -0.339 e. The lowest BCUT2D eigenvalue weighted by Crippen LogP contribution is -2.04. The molecule has 8 heteroatoms. The predicted molar refractivity (Wildman–Crippen MR) is 112 cm³/mol. The van der Waals surface area contributed by atoms with Crippen LogP contribution in [0, 0.1) is 0 Å². The summed E-state index contributed by atoms with van der Waals surface area (Å²) in [7, 11) is 0. The van der Waals surface area contributed by atoms with E-state index in [1.54, 1.807) is 24.2 Å². The Morgan fingerprint density at radius 3 is 2.66 bits per heavy atom. The molecule has 148 valence electrons. The average molecular weight is 407 g/mol. The van der Waals surface area contributed by atoms with Crippen molar-refractivity contribution in [2.45, 2.75) is 37.9 Å². The van der Waals surface area contributed by atoms with Crippen molar-refractivity contribution in [1.29, 1.82) is 0 Å². The van der Waals surface area contributed by atoms with Crippen LogP contribution in [0.3, 0.4) is 0 Å². The fourth-order valence-electron chi connectivity index (χ4n) is 3.01. The molecule has 4 rings (SSSR count). The SMILES string of the molecule is CCn1c(Cc2ccccc2)nnc1SCCCc1nc(-c2ccncc2)no1. The molecule has 0 aliphatic rings. The van der Waals surface area contributed by atoms with Crippen LogP contribution in [0.15, 0.2) is 64.5 Å². The normalized spacial score (nSPS) is 11.1. The van der Waals surface area contributed by atoms with Crippen LogP contribution in [0.4, 0.5) is 0 Å². The lowest BCUT2D eigenvalue weighted by Gasteiger charge is -2.07. The van der Waals surface area contributed by atoms with Crippen LogP contribution in [0.5, 0.6) is 0 Å². The van der Waals surface area contributed by atoms with E-state index in [4.69, 9.17) is 4.52 Å². The number of hydrogen-bond donors (Lipinski definition) is 0. The molecule has 0 aliphatic carbocycles. The van der Waals surface area contributed by atoms with Gasteiger partial charge in [0.25, 0.3) is 0 Å². The van der Waals surface area contributed by atoms with Crippen LogP contribution in [0.2, 0.25) is 0 Å². The highest BCUT2D eigenvalue weighted by atomic mass is 32.2. The molecular formula is C21H22N6OS. The maximum atomic E-state index is 5.36. The Hall–Kier alpha value is -3.00. The Morgan fingerprint density at radius 1 is 1.03 bits per heavy atom. The van der Waals surface area contributed by atoms with Crippen molar-refractivity contribution in [3.05, 3.63) is 72.1 Å². The summed E-state index contributed by atoms with van der Waals surface area (Å²) in [5.41, 5.74) is 2.15. The Morgan fingerprint density at radius 2 is 1.86 bits per heavy atom. The van der Waals surface area contributed by atoms with Crippen LogP contribution in [0.25, 0.3) is 11.4 Å². The van der Waals surface area contributed by atoms with E-state index in [2.05, 4.69) is 61.1 Å². The van der Waals surface area contributed by atoms with Crippen LogP contribution in [-0.4, -0.2) is 35.6 Å². The van der Waals surface area contributed by atoms with Gasteiger partial charge in [-0.1, -0.05) is 47.3 Å². The maximum Gasteiger partial charge on any atom is 0.226 e. The second-order valence-electron chi connectivity index (χ2n) is 6.51. The number of pyridine rings is 1. The number of hydrogen-bond acceptors (Lipinski definition) is 7. The molecular weight excluding hydrogens is 384 g/mol. The summed E-state index contributed by atoms with van der Waals surface area (Å²) in [5, 5.41) is 13.8. The lowest BCUT2D eigenvalue weighted by molar-refractivity contribution is 0.378. The second-order valence-corrected chi connectivity index (χ2v) is 7.57. The third kappa shape index (κ3) is 4.89. The number of rotatable bonds is 9. The molecule has 4 aromatic rings.